The molecule has 0 radical (unpaired) electrons. The summed E-state index contributed by atoms with van der Waals surface area (Å²) in [4.78, 5) is 23.9. The number of furan rings is 1. The molecule has 0 unspecified atom stereocenters. The Morgan fingerprint density at radius 2 is 2.04 bits per heavy atom. The largest absolute Gasteiger partial charge is 0.465 e. The van der Waals surface area contributed by atoms with Gasteiger partial charge in [0.2, 0.25) is 0 Å². The molecule has 24 heavy (non-hydrogen) atoms. The van der Waals surface area contributed by atoms with Gasteiger partial charge in [0, 0.05) is 23.1 Å². The molecule has 0 spiro atoms. The van der Waals surface area contributed by atoms with Crippen LogP contribution < -0.4 is 10.4 Å². The molecule has 120 valence electrons. The molecule has 0 N–H and O–H groups in total. The van der Waals surface area contributed by atoms with Crippen LogP contribution in [-0.4, -0.2) is 5.97 Å². The molecule has 1 aliphatic carbocycles. The fourth-order valence-electron chi connectivity index (χ4n) is 3.01. The summed E-state index contributed by atoms with van der Waals surface area (Å²) in [7, 11) is 0. The summed E-state index contributed by atoms with van der Waals surface area (Å²) < 4.78 is 15.7. The van der Waals surface area contributed by atoms with E-state index in [4.69, 9.17) is 13.6 Å². The van der Waals surface area contributed by atoms with Gasteiger partial charge in [0.25, 0.3) is 0 Å². The second-order valence-electron chi connectivity index (χ2n) is 5.63. The second kappa shape index (κ2) is 5.85. The maximum atomic E-state index is 12.0. The molecular weight excluding hydrogens is 308 g/mol. The first kappa shape index (κ1) is 14.5. The number of benzene rings is 1. The van der Waals surface area contributed by atoms with Crippen molar-refractivity contribution in [2.45, 2.75) is 19.3 Å². The van der Waals surface area contributed by atoms with Gasteiger partial charge >= 0.3 is 11.6 Å². The number of hydrogen-bond donors (Lipinski definition) is 0. The van der Waals surface area contributed by atoms with Crippen LogP contribution in [0.25, 0.3) is 17.0 Å². The third-order valence-corrected chi connectivity index (χ3v) is 4.09. The van der Waals surface area contributed by atoms with Gasteiger partial charge in [-0.15, -0.1) is 0 Å². The quantitative estimate of drug-likeness (QED) is 0.319. The second-order valence-corrected chi connectivity index (χ2v) is 5.63. The zero-order valence-corrected chi connectivity index (χ0v) is 12.8. The number of ether oxygens (including phenoxy) is 1. The fourth-order valence-corrected chi connectivity index (χ4v) is 3.01. The van der Waals surface area contributed by atoms with Gasteiger partial charge in [-0.05, 0) is 55.2 Å². The van der Waals surface area contributed by atoms with Crippen molar-refractivity contribution in [3.05, 3.63) is 70.0 Å². The van der Waals surface area contributed by atoms with Gasteiger partial charge in [0.1, 0.15) is 17.1 Å². The monoisotopic (exact) mass is 322 g/mol. The Hall–Kier alpha value is -3.08. The van der Waals surface area contributed by atoms with E-state index >= 15 is 0 Å². The van der Waals surface area contributed by atoms with Crippen LogP contribution in [0.3, 0.4) is 0 Å². The Kier molecular flexibility index (Phi) is 3.54. The zero-order chi connectivity index (χ0) is 16.5. The van der Waals surface area contributed by atoms with Gasteiger partial charge in [0.15, 0.2) is 0 Å². The van der Waals surface area contributed by atoms with Crippen LogP contribution >= 0.6 is 0 Å². The molecule has 0 amide bonds. The summed E-state index contributed by atoms with van der Waals surface area (Å²) in [5, 5.41) is 0.910. The van der Waals surface area contributed by atoms with Crippen LogP contribution in [0.5, 0.6) is 5.75 Å². The predicted molar refractivity (Wildman–Crippen MR) is 87.9 cm³/mol. The number of fused-ring (bicyclic) bond motifs is 3. The standard InChI is InChI=1S/C19H14O5/c20-18(9-7-12-3-2-10-22-12)23-13-6-8-15-14-4-1-5-16(14)19(21)24-17(15)11-13/h2-3,6-11H,1,4-5H2. The minimum atomic E-state index is -0.533. The molecule has 3 aromatic rings. The number of esters is 1. The van der Waals surface area contributed by atoms with Crippen molar-refractivity contribution in [2.75, 3.05) is 0 Å². The van der Waals surface area contributed by atoms with Crippen molar-refractivity contribution < 1.29 is 18.4 Å². The normalized spacial score (nSPS) is 13.5. The summed E-state index contributed by atoms with van der Waals surface area (Å²) >= 11 is 0. The van der Waals surface area contributed by atoms with E-state index in [1.165, 1.54) is 18.4 Å². The van der Waals surface area contributed by atoms with E-state index in [2.05, 4.69) is 0 Å². The average molecular weight is 322 g/mol. The highest BCUT2D eigenvalue weighted by Gasteiger charge is 2.19. The first-order valence-corrected chi connectivity index (χ1v) is 7.73. The molecule has 1 aliphatic rings. The van der Waals surface area contributed by atoms with Gasteiger partial charge in [-0.3, -0.25) is 0 Å². The van der Waals surface area contributed by atoms with Gasteiger partial charge in [-0.1, -0.05) is 0 Å². The Bertz CT molecular complexity index is 993. The number of carbonyl (C=O) groups excluding carboxylic acids is 1. The van der Waals surface area contributed by atoms with Gasteiger partial charge in [-0.2, -0.15) is 0 Å². The first-order valence-electron chi connectivity index (χ1n) is 7.73. The van der Waals surface area contributed by atoms with Crippen LogP contribution in [0.15, 0.2) is 56.3 Å². The summed E-state index contributed by atoms with van der Waals surface area (Å²) in [5.74, 6) is 0.360. The number of rotatable bonds is 3. The highest BCUT2D eigenvalue weighted by molar-refractivity contribution is 5.89. The lowest BCUT2D eigenvalue weighted by Gasteiger charge is -2.06. The van der Waals surface area contributed by atoms with Crippen LogP contribution in [0.4, 0.5) is 0 Å². The van der Waals surface area contributed by atoms with Crippen LogP contribution in [0.1, 0.15) is 23.3 Å². The van der Waals surface area contributed by atoms with Crippen LogP contribution in [0, 0.1) is 0 Å². The lowest BCUT2D eigenvalue weighted by atomic mass is 10.1. The lowest BCUT2D eigenvalue weighted by Crippen LogP contribution is -2.07. The maximum absolute atomic E-state index is 12.0. The first-order chi connectivity index (χ1) is 11.7. The molecule has 0 aliphatic heterocycles. The third kappa shape index (κ3) is 2.65. The van der Waals surface area contributed by atoms with E-state index in [0.717, 1.165) is 35.8 Å². The van der Waals surface area contributed by atoms with E-state index in [-0.39, 0.29) is 5.63 Å². The molecule has 1 aromatic carbocycles. The Balaban J connectivity index is 1.60. The summed E-state index contributed by atoms with van der Waals surface area (Å²) in [6.07, 6.45) is 6.94. The van der Waals surface area contributed by atoms with E-state index in [9.17, 15) is 9.59 Å². The SMILES string of the molecule is O=C(C=Cc1ccco1)Oc1ccc2c3c(c(=O)oc2c1)CCC3. The predicted octanol–water partition coefficient (Wildman–Crippen LogP) is 3.49. The molecular formula is C19H14O5. The van der Waals surface area contributed by atoms with Crippen molar-refractivity contribution in [2.24, 2.45) is 0 Å². The van der Waals surface area contributed by atoms with Gasteiger partial charge in [0.05, 0.1) is 6.26 Å². The minimum absolute atomic E-state index is 0.295. The molecule has 0 saturated heterocycles. The third-order valence-electron chi connectivity index (χ3n) is 4.09. The van der Waals surface area contributed by atoms with Crippen molar-refractivity contribution in [3.8, 4) is 5.75 Å². The Morgan fingerprint density at radius 3 is 2.88 bits per heavy atom. The summed E-state index contributed by atoms with van der Waals surface area (Å²) in [6, 6.07) is 8.58. The molecule has 0 saturated carbocycles. The Morgan fingerprint density at radius 1 is 1.17 bits per heavy atom. The van der Waals surface area contributed by atoms with Gasteiger partial charge in [-0.25, -0.2) is 9.59 Å². The zero-order valence-electron chi connectivity index (χ0n) is 12.8. The highest BCUT2D eigenvalue weighted by atomic mass is 16.5. The van der Waals surface area contributed by atoms with Crippen molar-refractivity contribution >= 4 is 23.0 Å². The number of aryl methyl sites for hydroxylation is 1. The summed E-state index contributed by atoms with van der Waals surface area (Å²) in [5.41, 5.74) is 1.97. The maximum Gasteiger partial charge on any atom is 0.339 e. The van der Waals surface area contributed by atoms with Crippen molar-refractivity contribution in [1.29, 1.82) is 0 Å². The smallest absolute Gasteiger partial charge is 0.339 e. The molecule has 4 rings (SSSR count). The molecule has 0 atom stereocenters. The van der Waals surface area contributed by atoms with Crippen LogP contribution in [0.2, 0.25) is 0 Å². The summed E-state index contributed by atoms with van der Waals surface area (Å²) in [6.45, 7) is 0. The van der Waals surface area contributed by atoms with E-state index in [0.29, 0.717) is 17.1 Å². The minimum Gasteiger partial charge on any atom is -0.465 e. The average Bonchev–Trinajstić information content (AvgIpc) is 3.25. The molecule has 0 bridgehead atoms. The topological polar surface area (TPSA) is 69.7 Å². The molecule has 5 heteroatoms. The lowest BCUT2D eigenvalue weighted by molar-refractivity contribution is -0.128. The Labute approximate surface area is 137 Å². The van der Waals surface area contributed by atoms with E-state index in [1.807, 2.05) is 6.07 Å². The van der Waals surface area contributed by atoms with E-state index < -0.39 is 5.97 Å². The van der Waals surface area contributed by atoms with E-state index in [1.54, 1.807) is 24.3 Å². The van der Waals surface area contributed by atoms with Crippen molar-refractivity contribution in [1.82, 2.24) is 0 Å². The molecule has 5 nitrogen and oxygen atoms in total. The van der Waals surface area contributed by atoms with Gasteiger partial charge < -0.3 is 13.6 Å². The van der Waals surface area contributed by atoms with Crippen LogP contribution in [-0.2, 0) is 17.6 Å². The highest BCUT2D eigenvalue weighted by Crippen LogP contribution is 2.29. The van der Waals surface area contributed by atoms with Crippen molar-refractivity contribution in [3.63, 3.8) is 0 Å². The molecule has 2 aromatic heterocycles. The number of carbonyl (C=O) groups is 1. The molecule has 2 heterocycles. The fraction of sp³-hybridized carbons (Fsp3) is 0.158. The molecule has 0 fully saturated rings. The number of hydrogen-bond acceptors (Lipinski definition) is 5.